The molecule has 2 N–H and O–H groups in total. The second-order valence-corrected chi connectivity index (χ2v) is 15.1. The van der Waals surface area contributed by atoms with E-state index >= 15 is 0 Å². The average Bonchev–Trinajstić information content (AvgIpc) is 3.25. The summed E-state index contributed by atoms with van der Waals surface area (Å²) in [5, 5.41) is 2.58. The number of hydrogen-bond donors (Lipinski definition) is 2. The predicted molar refractivity (Wildman–Crippen MR) is 190 cm³/mol. The predicted octanol–water partition coefficient (Wildman–Crippen LogP) is 7.41. The highest BCUT2D eigenvalue weighted by Crippen LogP contribution is 2.36. The van der Waals surface area contributed by atoms with Crippen molar-refractivity contribution >= 4 is 40.5 Å². The van der Waals surface area contributed by atoms with Crippen molar-refractivity contribution < 1.29 is 41.9 Å². The maximum Gasteiger partial charge on any atom is 0.418 e. The topological polar surface area (TPSA) is 150 Å². The van der Waals surface area contributed by atoms with Gasteiger partial charge in [0.2, 0.25) is 11.1 Å². The second-order valence-electron chi connectivity index (χ2n) is 14.1. The van der Waals surface area contributed by atoms with Gasteiger partial charge in [-0.15, -0.1) is 0 Å². The molecule has 0 saturated carbocycles. The van der Waals surface area contributed by atoms with E-state index in [4.69, 9.17) is 18.5 Å². The molecule has 0 aromatic heterocycles. The Morgan fingerprint density at radius 3 is 1.82 bits per heavy atom. The SMILES string of the molecule is CCCCCCCCCCCCCCCCNOS(=O)c1cc(OC)c(NC(=O)C(C(=O)C(C)(C)C)N2C(=O)OC(C)(C)C2=O)cc1OC. The van der Waals surface area contributed by atoms with Crippen molar-refractivity contribution in [3.63, 3.8) is 0 Å². The standard InChI is InChI=1S/C36H59N3O9S/c1-9-10-11-12-13-14-15-16-17-18-19-20-21-22-23-37-48-49(44)29-25-27(45-7)26(24-28(29)46-8)38-32(41)30(31(40)35(2,3)4)39-33(42)36(5,6)47-34(39)43/h24-25,30,37H,9-23H2,1-8H3,(H,38,41). The molecule has 0 bridgehead atoms. The Morgan fingerprint density at radius 2 is 1.37 bits per heavy atom. The van der Waals surface area contributed by atoms with Gasteiger partial charge in [0.25, 0.3) is 11.8 Å². The third-order valence-electron chi connectivity index (χ3n) is 8.46. The van der Waals surface area contributed by atoms with Crippen LogP contribution in [0.2, 0.25) is 0 Å². The first kappa shape index (κ1) is 42.1. The zero-order valence-electron chi connectivity index (χ0n) is 30.9. The molecule has 1 fully saturated rings. The number of cyclic esters (lactones) is 1. The van der Waals surface area contributed by atoms with Crippen LogP contribution in [0.1, 0.15) is 131 Å². The van der Waals surface area contributed by atoms with Gasteiger partial charge in [0.15, 0.2) is 17.4 Å². The van der Waals surface area contributed by atoms with Crippen LogP contribution in [0.3, 0.4) is 0 Å². The third-order valence-corrected chi connectivity index (χ3v) is 9.40. The van der Waals surface area contributed by atoms with Crippen LogP contribution < -0.4 is 20.3 Å². The van der Waals surface area contributed by atoms with Gasteiger partial charge in [-0.2, -0.15) is 9.76 Å². The molecule has 1 aliphatic rings. The minimum absolute atomic E-state index is 0.0615. The van der Waals surface area contributed by atoms with Gasteiger partial charge in [0, 0.05) is 24.1 Å². The zero-order valence-corrected chi connectivity index (χ0v) is 31.7. The molecule has 1 aromatic rings. The molecule has 2 rings (SSSR count). The lowest BCUT2D eigenvalue weighted by Crippen LogP contribution is -2.55. The van der Waals surface area contributed by atoms with Crippen LogP contribution >= 0.6 is 0 Å². The van der Waals surface area contributed by atoms with Gasteiger partial charge in [0.1, 0.15) is 16.4 Å². The molecular weight excluding hydrogens is 650 g/mol. The van der Waals surface area contributed by atoms with Gasteiger partial charge in [0.05, 0.1) is 19.9 Å². The first-order valence-corrected chi connectivity index (χ1v) is 18.8. The number of amides is 3. The molecule has 1 aromatic carbocycles. The van der Waals surface area contributed by atoms with Gasteiger partial charge in [-0.1, -0.05) is 111 Å². The molecule has 1 saturated heterocycles. The minimum Gasteiger partial charge on any atom is -0.495 e. The number of rotatable bonds is 24. The number of anilines is 1. The molecule has 278 valence electrons. The smallest absolute Gasteiger partial charge is 0.418 e. The molecule has 0 radical (unpaired) electrons. The molecule has 2 unspecified atom stereocenters. The van der Waals surface area contributed by atoms with Crippen molar-refractivity contribution in [2.24, 2.45) is 5.41 Å². The molecule has 1 heterocycles. The van der Waals surface area contributed by atoms with Gasteiger partial charge < -0.3 is 19.5 Å². The highest BCUT2D eigenvalue weighted by Gasteiger charge is 2.55. The number of ether oxygens (including phenoxy) is 3. The summed E-state index contributed by atoms with van der Waals surface area (Å²) in [6.07, 6.45) is 16.5. The molecule has 2 atom stereocenters. The third kappa shape index (κ3) is 13.0. The fourth-order valence-corrected chi connectivity index (χ4v) is 6.29. The Hall–Kier alpha value is -3.03. The van der Waals surface area contributed by atoms with Gasteiger partial charge >= 0.3 is 6.09 Å². The van der Waals surface area contributed by atoms with Crippen LogP contribution in [-0.4, -0.2) is 65.2 Å². The molecule has 13 heteroatoms. The highest BCUT2D eigenvalue weighted by molar-refractivity contribution is 7.80. The zero-order chi connectivity index (χ0) is 36.6. The summed E-state index contributed by atoms with van der Waals surface area (Å²) in [5.74, 6) is -2.24. The van der Waals surface area contributed by atoms with Crippen molar-refractivity contribution in [2.75, 3.05) is 26.1 Å². The van der Waals surface area contributed by atoms with Crippen LogP contribution in [0.4, 0.5) is 10.5 Å². The van der Waals surface area contributed by atoms with Crippen molar-refractivity contribution in [3.8, 4) is 11.5 Å². The summed E-state index contributed by atoms with van der Waals surface area (Å²) < 4.78 is 34.4. The van der Waals surface area contributed by atoms with E-state index in [0.29, 0.717) is 11.4 Å². The molecule has 0 spiro atoms. The van der Waals surface area contributed by atoms with E-state index in [1.165, 1.54) is 111 Å². The van der Waals surface area contributed by atoms with E-state index in [-0.39, 0.29) is 22.1 Å². The minimum atomic E-state index is -1.99. The molecule has 49 heavy (non-hydrogen) atoms. The Labute approximate surface area is 295 Å². The Kier molecular flexibility index (Phi) is 17.7. The van der Waals surface area contributed by atoms with Gasteiger partial charge in [-0.05, 0) is 20.3 Å². The van der Waals surface area contributed by atoms with E-state index in [1.54, 1.807) is 20.8 Å². The lowest BCUT2D eigenvalue weighted by Gasteiger charge is -2.28. The Balaban J connectivity index is 1.91. The number of unbranched alkanes of at least 4 members (excludes halogenated alkanes) is 13. The summed E-state index contributed by atoms with van der Waals surface area (Å²) in [6, 6.07) is 0.944. The van der Waals surface area contributed by atoms with Crippen LogP contribution in [0, 0.1) is 5.41 Å². The summed E-state index contributed by atoms with van der Waals surface area (Å²) >= 11 is -1.99. The van der Waals surface area contributed by atoms with Crippen LogP contribution in [0.5, 0.6) is 11.5 Å². The molecule has 12 nitrogen and oxygen atoms in total. The number of nitrogens with zero attached hydrogens (tertiary/aromatic N) is 1. The summed E-state index contributed by atoms with van der Waals surface area (Å²) in [4.78, 5) is 53.4. The van der Waals surface area contributed by atoms with E-state index in [0.717, 1.165) is 19.3 Å². The number of methoxy groups -OCH3 is 2. The van der Waals surface area contributed by atoms with Crippen molar-refractivity contribution in [3.05, 3.63) is 12.1 Å². The lowest BCUT2D eigenvalue weighted by atomic mass is 9.85. The monoisotopic (exact) mass is 709 g/mol. The summed E-state index contributed by atoms with van der Waals surface area (Å²) in [5.41, 5.74) is 0.198. The van der Waals surface area contributed by atoms with E-state index in [1.807, 2.05) is 0 Å². The number of hydrogen-bond acceptors (Lipinski definition) is 10. The average molecular weight is 710 g/mol. The summed E-state index contributed by atoms with van der Waals surface area (Å²) in [7, 11) is 2.71. The molecule has 0 aliphatic carbocycles. The van der Waals surface area contributed by atoms with Gasteiger partial charge in [-0.3, -0.25) is 14.4 Å². The van der Waals surface area contributed by atoms with Crippen LogP contribution in [-0.2, 0) is 34.5 Å². The first-order chi connectivity index (χ1) is 23.2. The number of hydroxylamine groups is 1. The second kappa shape index (κ2) is 20.6. The number of ketones is 1. The highest BCUT2D eigenvalue weighted by atomic mass is 32.2. The Bertz CT molecular complexity index is 1280. The van der Waals surface area contributed by atoms with Crippen LogP contribution in [0.15, 0.2) is 17.0 Å². The molecular formula is C36H59N3O9S. The number of imide groups is 1. The first-order valence-electron chi connectivity index (χ1n) is 17.7. The fraction of sp³-hybridized carbons (Fsp3) is 0.722. The quantitative estimate of drug-likeness (QED) is 0.0631. The summed E-state index contributed by atoms with van der Waals surface area (Å²) in [6.45, 7) is 10.3. The molecule has 1 aliphatic heterocycles. The van der Waals surface area contributed by atoms with Gasteiger partial charge in [-0.25, -0.2) is 13.9 Å². The lowest BCUT2D eigenvalue weighted by molar-refractivity contribution is -0.145. The largest absolute Gasteiger partial charge is 0.495 e. The van der Waals surface area contributed by atoms with Crippen LogP contribution in [0.25, 0.3) is 0 Å². The van der Waals surface area contributed by atoms with Crippen molar-refractivity contribution in [1.82, 2.24) is 10.4 Å². The van der Waals surface area contributed by atoms with E-state index in [9.17, 15) is 23.4 Å². The van der Waals surface area contributed by atoms with E-state index < -0.39 is 51.8 Å². The van der Waals surface area contributed by atoms with Crippen molar-refractivity contribution in [2.45, 2.75) is 148 Å². The van der Waals surface area contributed by atoms with E-state index in [2.05, 4.69) is 17.7 Å². The maximum atomic E-state index is 13.6. The Morgan fingerprint density at radius 1 is 0.857 bits per heavy atom. The van der Waals surface area contributed by atoms with Crippen molar-refractivity contribution in [1.29, 1.82) is 0 Å². The maximum absolute atomic E-state index is 13.6. The number of benzene rings is 1. The normalized spacial score (nSPS) is 15.6. The fourth-order valence-electron chi connectivity index (χ4n) is 5.50. The molecule has 3 amide bonds. The number of carbonyl (C=O) groups excluding carboxylic acids is 4. The number of nitrogens with one attached hydrogen (secondary N) is 2. The number of Topliss-reactive ketones (excluding diaryl/α,β-unsaturated/α-hetero) is 1. The number of carbonyl (C=O) groups is 4.